The Morgan fingerprint density at radius 1 is 1.14 bits per heavy atom. The van der Waals surface area contributed by atoms with Crippen LogP contribution >= 0.6 is 47.8 Å². The van der Waals surface area contributed by atoms with Crippen LogP contribution in [0.4, 0.5) is 0 Å². The van der Waals surface area contributed by atoms with Gasteiger partial charge in [0, 0.05) is 19.7 Å². The molecule has 1 aliphatic heterocycles. The molecule has 0 bridgehead atoms. The normalized spacial score (nSPS) is 18.8. The van der Waals surface area contributed by atoms with Crippen LogP contribution in [0.3, 0.4) is 0 Å². The molecular weight excluding hydrogens is 460 g/mol. The summed E-state index contributed by atoms with van der Waals surface area (Å²) in [6, 6.07) is 12.7. The van der Waals surface area contributed by atoms with Crippen molar-refractivity contribution in [2.75, 3.05) is 6.61 Å². The minimum absolute atomic E-state index is 0.258. The van der Waals surface area contributed by atoms with E-state index in [2.05, 4.69) is 85.0 Å². The van der Waals surface area contributed by atoms with Crippen molar-refractivity contribution in [1.29, 1.82) is 0 Å². The first kappa shape index (κ1) is 15.6. The summed E-state index contributed by atoms with van der Waals surface area (Å²) in [5, 5.41) is 0. The fraction of sp³-hybridized carbons (Fsp3) is 0.294. The fourth-order valence-corrected chi connectivity index (χ4v) is 5.06. The number of halogens is 3. The predicted octanol–water partition coefficient (Wildman–Crippen LogP) is 6.52. The molecule has 0 saturated heterocycles. The SMILES string of the molecule is Cc1cc(Br)c(C(Br)C2CCOc3ccccc32)cc1Br. The van der Waals surface area contributed by atoms with Crippen LogP contribution in [-0.2, 0) is 0 Å². The third kappa shape index (κ3) is 3.08. The van der Waals surface area contributed by atoms with E-state index in [0.29, 0.717) is 5.92 Å². The summed E-state index contributed by atoms with van der Waals surface area (Å²) < 4.78 is 8.06. The second-order valence-corrected chi connectivity index (χ2v) is 8.00. The lowest BCUT2D eigenvalue weighted by Crippen LogP contribution is -2.17. The van der Waals surface area contributed by atoms with Gasteiger partial charge in [0.05, 0.1) is 6.61 Å². The number of para-hydroxylation sites is 1. The molecule has 2 unspecified atom stereocenters. The van der Waals surface area contributed by atoms with Crippen LogP contribution in [0.5, 0.6) is 5.75 Å². The maximum Gasteiger partial charge on any atom is 0.122 e. The largest absolute Gasteiger partial charge is 0.493 e. The minimum atomic E-state index is 0.258. The van der Waals surface area contributed by atoms with Crippen molar-refractivity contribution in [2.45, 2.75) is 24.1 Å². The summed E-state index contributed by atoms with van der Waals surface area (Å²) in [6.45, 7) is 2.88. The van der Waals surface area contributed by atoms with Crippen LogP contribution in [0.2, 0.25) is 0 Å². The van der Waals surface area contributed by atoms with Crippen LogP contribution in [0, 0.1) is 6.92 Å². The fourth-order valence-electron chi connectivity index (χ4n) is 2.76. The van der Waals surface area contributed by atoms with Gasteiger partial charge in [-0.3, -0.25) is 0 Å². The van der Waals surface area contributed by atoms with E-state index in [1.165, 1.54) is 16.7 Å². The van der Waals surface area contributed by atoms with Crippen LogP contribution in [0.25, 0.3) is 0 Å². The van der Waals surface area contributed by atoms with Crippen LogP contribution < -0.4 is 4.74 Å². The van der Waals surface area contributed by atoms with Crippen molar-refractivity contribution in [2.24, 2.45) is 0 Å². The second-order valence-electron chi connectivity index (χ2n) is 5.31. The molecule has 0 saturated carbocycles. The highest BCUT2D eigenvalue weighted by molar-refractivity contribution is 9.11. The first-order valence-electron chi connectivity index (χ1n) is 6.89. The van der Waals surface area contributed by atoms with Gasteiger partial charge in [0.15, 0.2) is 0 Å². The molecule has 21 heavy (non-hydrogen) atoms. The van der Waals surface area contributed by atoms with Gasteiger partial charge in [-0.2, -0.15) is 0 Å². The van der Waals surface area contributed by atoms with E-state index < -0.39 is 0 Å². The Hall–Kier alpha value is -0.320. The third-order valence-corrected chi connectivity index (χ3v) is 6.61. The Labute approximate surface area is 150 Å². The molecule has 1 heterocycles. The van der Waals surface area contributed by atoms with Gasteiger partial charge in [-0.05, 0) is 48.2 Å². The highest BCUT2D eigenvalue weighted by atomic mass is 79.9. The number of alkyl halides is 1. The summed E-state index contributed by atoms with van der Waals surface area (Å²) in [4.78, 5) is 0.258. The molecule has 110 valence electrons. The number of hydrogen-bond acceptors (Lipinski definition) is 1. The summed E-state index contributed by atoms with van der Waals surface area (Å²) in [6.07, 6.45) is 1.02. The van der Waals surface area contributed by atoms with E-state index in [-0.39, 0.29) is 4.83 Å². The predicted molar refractivity (Wildman–Crippen MR) is 97.5 cm³/mol. The maximum atomic E-state index is 5.77. The van der Waals surface area contributed by atoms with Gasteiger partial charge in [-0.15, -0.1) is 0 Å². The van der Waals surface area contributed by atoms with E-state index in [4.69, 9.17) is 4.74 Å². The van der Waals surface area contributed by atoms with Crippen molar-refractivity contribution in [3.05, 3.63) is 62.0 Å². The second kappa shape index (κ2) is 6.43. The van der Waals surface area contributed by atoms with Crippen LogP contribution in [-0.4, -0.2) is 6.61 Å². The van der Waals surface area contributed by atoms with Crippen molar-refractivity contribution >= 4 is 47.8 Å². The monoisotopic (exact) mass is 472 g/mol. The van der Waals surface area contributed by atoms with E-state index in [1.807, 2.05) is 6.07 Å². The number of aryl methyl sites for hydroxylation is 1. The van der Waals surface area contributed by atoms with Gasteiger partial charge in [0.2, 0.25) is 0 Å². The smallest absolute Gasteiger partial charge is 0.122 e. The zero-order chi connectivity index (χ0) is 15.0. The average molecular weight is 475 g/mol. The number of benzene rings is 2. The molecule has 4 heteroatoms. The van der Waals surface area contributed by atoms with Crippen molar-refractivity contribution < 1.29 is 4.74 Å². The summed E-state index contributed by atoms with van der Waals surface area (Å²) >= 11 is 11.3. The lowest BCUT2D eigenvalue weighted by molar-refractivity contribution is 0.266. The lowest BCUT2D eigenvalue weighted by atomic mass is 9.87. The Bertz CT molecular complexity index is 669. The van der Waals surface area contributed by atoms with E-state index in [0.717, 1.165) is 27.7 Å². The zero-order valence-corrected chi connectivity index (χ0v) is 16.3. The number of ether oxygens (including phenoxy) is 1. The molecule has 0 aliphatic carbocycles. The number of fused-ring (bicyclic) bond motifs is 1. The lowest BCUT2D eigenvalue weighted by Gasteiger charge is -2.30. The summed E-state index contributed by atoms with van der Waals surface area (Å²) in [7, 11) is 0. The Morgan fingerprint density at radius 2 is 1.90 bits per heavy atom. The number of rotatable bonds is 2. The molecule has 0 spiro atoms. The number of hydrogen-bond donors (Lipinski definition) is 0. The van der Waals surface area contributed by atoms with Gasteiger partial charge in [-0.1, -0.05) is 66.0 Å². The zero-order valence-electron chi connectivity index (χ0n) is 11.6. The molecule has 0 fully saturated rings. The molecule has 0 aromatic heterocycles. The van der Waals surface area contributed by atoms with Crippen molar-refractivity contribution in [3.63, 3.8) is 0 Å². The molecule has 3 rings (SSSR count). The average Bonchev–Trinajstić information content (AvgIpc) is 2.49. The van der Waals surface area contributed by atoms with Crippen LogP contribution in [0.15, 0.2) is 45.3 Å². The van der Waals surface area contributed by atoms with E-state index >= 15 is 0 Å². The molecule has 1 nitrogen and oxygen atoms in total. The standard InChI is InChI=1S/C17H15Br3O/c1-10-8-15(19)13(9-14(10)18)17(20)12-6-7-21-16-5-3-2-4-11(12)16/h2-5,8-9,12,17H,6-7H2,1H3. The first-order chi connectivity index (χ1) is 10.1. The molecule has 2 atom stereocenters. The molecule has 0 radical (unpaired) electrons. The first-order valence-corrected chi connectivity index (χ1v) is 9.39. The quantitative estimate of drug-likeness (QED) is 0.450. The molecule has 2 aromatic rings. The summed E-state index contributed by atoms with van der Waals surface area (Å²) in [5.41, 5.74) is 3.79. The Morgan fingerprint density at radius 3 is 2.71 bits per heavy atom. The summed E-state index contributed by atoms with van der Waals surface area (Å²) in [5.74, 6) is 1.43. The molecule has 1 aliphatic rings. The van der Waals surface area contributed by atoms with Crippen molar-refractivity contribution in [1.82, 2.24) is 0 Å². The molecule has 2 aromatic carbocycles. The van der Waals surface area contributed by atoms with Gasteiger partial charge in [0.1, 0.15) is 5.75 Å². The van der Waals surface area contributed by atoms with E-state index in [1.54, 1.807) is 0 Å². The minimum Gasteiger partial charge on any atom is -0.493 e. The topological polar surface area (TPSA) is 9.23 Å². The molecular formula is C17H15Br3O. The van der Waals surface area contributed by atoms with Gasteiger partial charge < -0.3 is 4.74 Å². The van der Waals surface area contributed by atoms with E-state index in [9.17, 15) is 0 Å². The molecule has 0 amide bonds. The highest BCUT2D eigenvalue weighted by Gasteiger charge is 2.29. The van der Waals surface area contributed by atoms with Gasteiger partial charge in [-0.25, -0.2) is 0 Å². The van der Waals surface area contributed by atoms with Gasteiger partial charge >= 0.3 is 0 Å². The Kier molecular flexibility index (Phi) is 4.77. The Balaban J connectivity index is 2.00. The van der Waals surface area contributed by atoms with Crippen molar-refractivity contribution in [3.8, 4) is 5.75 Å². The van der Waals surface area contributed by atoms with Gasteiger partial charge in [0.25, 0.3) is 0 Å². The van der Waals surface area contributed by atoms with Crippen LogP contribution in [0.1, 0.15) is 33.9 Å². The maximum absolute atomic E-state index is 5.77. The third-order valence-electron chi connectivity index (χ3n) is 3.93. The molecule has 0 N–H and O–H groups in total. The highest BCUT2D eigenvalue weighted by Crippen LogP contribution is 2.48.